The molecule has 0 heteroatoms. The van der Waals surface area contributed by atoms with Crippen molar-refractivity contribution in [1.29, 1.82) is 0 Å². The first kappa shape index (κ1) is 16.2. The molecule has 0 fully saturated rings. The minimum atomic E-state index is 0. The van der Waals surface area contributed by atoms with Crippen molar-refractivity contribution in [3.63, 3.8) is 0 Å². The van der Waals surface area contributed by atoms with Gasteiger partial charge in [-0.2, -0.15) is 0 Å². The number of hydrogen-bond donors (Lipinski definition) is 0. The summed E-state index contributed by atoms with van der Waals surface area (Å²) in [6.45, 7) is 13.3. The van der Waals surface area contributed by atoms with Crippen molar-refractivity contribution in [2.45, 2.75) is 68.2 Å². The van der Waals surface area contributed by atoms with E-state index in [0.29, 0.717) is 5.41 Å². The predicted molar refractivity (Wildman–Crippen MR) is 68.6 cm³/mol. The van der Waals surface area contributed by atoms with Crippen molar-refractivity contribution in [2.24, 2.45) is 11.3 Å². The second-order valence-corrected chi connectivity index (χ2v) is 4.89. The highest BCUT2D eigenvalue weighted by atomic mass is 14.3. The van der Waals surface area contributed by atoms with E-state index in [9.17, 15) is 0 Å². The molecule has 0 aliphatic heterocycles. The highest BCUT2D eigenvalue weighted by Crippen LogP contribution is 2.36. The lowest BCUT2D eigenvalue weighted by Crippen LogP contribution is -2.21. The number of allylic oxidation sites excluding steroid dienone is 2. The van der Waals surface area contributed by atoms with Crippen LogP contribution in [0.3, 0.4) is 0 Å². The SMILES string of the molecule is C.CC.CC1=CCC(C(C)(C)C)CC1. The van der Waals surface area contributed by atoms with Crippen molar-refractivity contribution >= 4 is 0 Å². The zero-order valence-electron chi connectivity index (χ0n) is 10.3. The average molecular weight is 198 g/mol. The summed E-state index contributed by atoms with van der Waals surface area (Å²) in [7, 11) is 0. The molecular formula is C14H30. The van der Waals surface area contributed by atoms with Gasteiger partial charge in [0.05, 0.1) is 0 Å². The molecule has 0 heterocycles. The van der Waals surface area contributed by atoms with Gasteiger partial charge in [-0.25, -0.2) is 0 Å². The Morgan fingerprint density at radius 3 is 2.00 bits per heavy atom. The van der Waals surface area contributed by atoms with Crippen LogP contribution in [0.5, 0.6) is 0 Å². The van der Waals surface area contributed by atoms with E-state index in [1.54, 1.807) is 5.57 Å². The molecule has 1 aliphatic carbocycles. The molecule has 0 nitrogen and oxygen atoms in total. The minimum absolute atomic E-state index is 0. The van der Waals surface area contributed by atoms with Gasteiger partial charge >= 0.3 is 0 Å². The van der Waals surface area contributed by atoms with E-state index in [2.05, 4.69) is 33.8 Å². The Balaban J connectivity index is 0. The number of hydrogen-bond acceptors (Lipinski definition) is 0. The molecule has 0 saturated carbocycles. The molecule has 0 aromatic heterocycles. The van der Waals surface area contributed by atoms with Crippen molar-refractivity contribution in [2.75, 3.05) is 0 Å². The van der Waals surface area contributed by atoms with Gasteiger partial charge in [0, 0.05) is 0 Å². The maximum atomic E-state index is 2.42. The van der Waals surface area contributed by atoms with Gasteiger partial charge in [-0.1, -0.05) is 53.7 Å². The van der Waals surface area contributed by atoms with Crippen LogP contribution in [-0.2, 0) is 0 Å². The summed E-state index contributed by atoms with van der Waals surface area (Å²) in [5, 5.41) is 0. The Kier molecular flexibility index (Phi) is 8.19. The average Bonchev–Trinajstić information content (AvgIpc) is 2.07. The van der Waals surface area contributed by atoms with Gasteiger partial charge in [-0.3, -0.25) is 0 Å². The van der Waals surface area contributed by atoms with E-state index < -0.39 is 0 Å². The molecule has 0 spiro atoms. The Morgan fingerprint density at radius 1 is 1.21 bits per heavy atom. The molecule has 0 aromatic rings. The topological polar surface area (TPSA) is 0 Å². The van der Waals surface area contributed by atoms with Gasteiger partial charge in [0.1, 0.15) is 0 Å². The van der Waals surface area contributed by atoms with E-state index in [1.807, 2.05) is 13.8 Å². The highest BCUT2D eigenvalue weighted by Gasteiger charge is 2.24. The van der Waals surface area contributed by atoms with Crippen LogP contribution in [0.15, 0.2) is 11.6 Å². The highest BCUT2D eigenvalue weighted by molar-refractivity contribution is 5.04. The van der Waals surface area contributed by atoms with Crippen LogP contribution in [0.4, 0.5) is 0 Å². The lowest BCUT2D eigenvalue weighted by molar-refractivity contribution is 0.221. The second-order valence-electron chi connectivity index (χ2n) is 4.89. The third kappa shape index (κ3) is 5.47. The van der Waals surface area contributed by atoms with E-state index in [-0.39, 0.29) is 7.43 Å². The fourth-order valence-corrected chi connectivity index (χ4v) is 1.75. The minimum Gasteiger partial charge on any atom is -0.0853 e. The van der Waals surface area contributed by atoms with Crippen LogP contribution >= 0.6 is 0 Å². The van der Waals surface area contributed by atoms with Crippen LogP contribution in [0.25, 0.3) is 0 Å². The maximum Gasteiger partial charge on any atom is -0.0315 e. The molecule has 1 atom stereocenters. The first-order valence-corrected chi connectivity index (χ1v) is 5.66. The third-order valence-electron chi connectivity index (χ3n) is 2.86. The van der Waals surface area contributed by atoms with E-state index in [4.69, 9.17) is 0 Å². The fraction of sp³-hybridized carbons (Fsp3) is 0.857. The smallest absolute Gasteiger partial charge is 0.0315 e. The monoisotopic (exact) mass is 198 g/mol. The molecule has 0 amide bonds. The summed E-state index contributed by atoms with van der Waals surface area (Å²) in [6.07, 6.45) is 6.43. The van der Waals surface area contributed by atoms with Crippen LogP contribution in [-0.4, -0.2) is 0 Å². The molecular weight excluding hydrogens is 168 g/mol. The molecule has 0 radical (unpaired) electrons. The van der Waals surface area contributed by atoms with Gasteiger partial charge in [0.15, 0.2) is 0 Å². The van der Waals surface area contributed by atoms with E-state index in [0.717, 1.165) is 5.92 Å². The zero-order chi connectivity index (χ0) is 10.5. The molecule has 86 valence electrons. The van der Waals surface area contributed by atoms with Crippen LogP contribution in [0.2, 0.25) is 0 Å². The number of rotatable bonds is 0. The Hall–Kier alpha value is -0.260. The first-order chi connectivity index (χ1) is 6.00. The lowest BCUT2D eigenvalue weighted by Gasteiger charge is -2.32. The van der Waals surface area contributed by atoms with Crippen LogP contribution in [0, 0.1) is 11.3 Å². The van der Waals surface area contributed by atoms with Gasteiger partial charge in [0.25, 0.3) is 0 Å². The summed E-state index contributed by atoms with van der Waals surface area (Å²) in [6, 6.07) is 0. The largest absolute Gasteiger partial charge is 0.0853 e. The molecule has 1 aliphatic rings. The fourth-order valence-electron chi connectivity index (χ4n) is 1.75. The first-order valence-electron chi connectivity index (χ1n) is 5.66. The zero-order valence-corrected chi connectivity index (χ0v) is 10.3. The molecule has 0 aromatic carbocycles. The molecule has 1 rings (SSSR count). The van der Waals surface area contributed by atoms with Crippen LogP contribution < -0.4 is 0 Å². The van der Waals surface area contributed by atoms with Gasteiger partial charge in [-0.05, 0) is 37.5 Å². The maximum absolute atomic E-state index is 2.42. The summed E-state index contributed by atoms with van der Waals surface area (Å²) < 4.78 is 0. The summed E-state index contributed by atoms with van der Waals surface area (Å²) in [5.74, 6) is 0.909. The Labute approximate surface area is 91.8 Å². The van der Waals surface area contributed by atoms with Crippen molar-refractivity contribution in [3.8, 4) is 0 Å². The summed E-state index contributed by atoms with van der Waals surface area (Å²) >= 11 is 0. The molecule has 0 bridgehead atoms. The standard InChI is InChI=1S/C11H20.C2H6.CH4/c1-9-5-7-10(8-6-9)11(2,3)4;1-2;/h5,10H,6-8H2,1-4H3;1-2H3;1H4. The normalized spacial score (nSPS) is 21.3. The molecule has 14 heavy (non-hydrogen) atoms. The van der Waals surface area contributed by atoms with Gasteiger partial charge in [0.2, 0.25) is 0 Å². The van der Waals surface area contributed by atoms with E-state index in [1.165, 1.54) is 19.3 Å². The lowest BCUT2D eigenvalue weighted by atomic mass is 9.73. The van der Waals surface area contributed by atoms with Gasteiger partial charge in [-0.15, -0.1) is 0 Å². The van der Waals surface area contributed by atoms with Crippen molar-refractivity contribution in [1.82, 2.24) is 0 Å². The second kappa shape index (κ2) is 7.09. The third-order valence-corrected chi connectivity index (χ3v) is 2.86. The summed E-state index contributed by atoms with van der Waals surface area (Å²) in [4.78, 5) is 0. The van der Waals surface area contributed by atoms with E-state index >= 15 is 0 Å². The molecule has 0 N–H and O–H groups in total. The predicted octanol–water partition coefficient (Wildman–Crippen LogP) is 5.44. The summed E-state index contributed by atoms with van der Waals surface area (Å²) in [5.41, 5.74) is 2.10. The van der Waals surface area contributed by atoms with Gasteiger partial charge < -0.3 is 0 Å². The Morgan fingerprint density at radius 2 is 1.71 bits per heavy atom. The quantitative estimate of drug-likeness (QED) is 0.455. The molecule has 1 unspecified atom stereocenters. The molecule has 0 saturated heterocycles. The van der Waals surface area contributed by atoms with Crippen LogP contribution in [0.1, 0.15) is 68.2 Å². The Bertz CT molecular complexity index is 157. The van der Waals surface area contributed by atoms with Crippen molar-refractivity contribution in [3.05, 3.63) is 11.6 Å². The van der Waals surface area contributed by atoms with Crippen molar-refractivity contribution < 1.29 is 0 Å².